The maximum absolute atomic E-state index is 13.6. The van der Waals surface area contributed by atoms with Crippen LogP contribution >= 0.6 is 0 Å². The van der Waals surface area contributed by atoms with E-state index >= 15 is 0 Å². The summed E-state index contributed by atoms with van der Waals surface area (Å²) in [7, 11) is -7.24. The lowest BCUT2D eigenvalue weighted by Gasteiger charge is -2.21. The van der Waals surface area contributed by atoms with Crippen LogP contribution in [0, 0.1) is 6.92 Å². The van der Waals surface area contributed by atoms with E-state index in [0.717, 1.165) is 6.42 Å². The van der Waals surface area contributed by atoms with Crippen LogP contribution in [-0.4, -0.2) is 46.4 Å². The number of ketones is 1. The van der Waals surface area contributed by atoms with Crippen molar-refractivity contribution in [3.8, 4) is 0 Å². The highest BCUT2D eigenvalue weighted by Gasteiger charge is 2.42. The van der Waals surface area contributed by atoms with Crippen LogP contribution in [0.1, 0.15) is 74.9 Å². The van der Waals surface area contributed by atoms with Gasteiger partial charge in [-0.1, -0.05) is 27.7 Å². The summed E-state index contributed by atoms with van der Waals surface area (Å²) in [4.78, 5) is 18.4. The van der Waals surface area contributed by atoms with Crippen LogP contribution in [0.3, 0.4) is 0 Å². The van der Waals surface area contributed by atoms with Crippen molar-refractivity contribution in [2.24, 2.45) is 4.99 Å². The summed E-state index contributed by atoms with van der Waals surface area (Å²) in [5.74, 6) is -0.460. The van der Waals surface area contributed by atoms with Crippen LogP contribution < -0.4 is 0 Å². The summed E-state index contributed by atoms with van der Waals surface area (Å²) in [6.07, 6.45) is 3.45. The van der Waals surface area contributed by atoms with Gasteiger partial charge in [0.1, 0.15) is 5.76 Å². The first kappa shape index (κ1) is 24.6. The van der Waals surface area contributed by atoms with Gasteiger partial charge in [-0.15, -0.1) is 0 Å². The quantitative estimate of drug-likeness (QED) is 0.432. The number of allylic oxidation sites excluding steroid dienone is 2. The van der Waals surface area contributed by atoms with Gasteiger partial charge in [0.15, 0.2) is 15.6 Å². The molecule has 0 aromatic heterocycles. The minimum absolute atomic E-state index is 0.0141. The summed E-state index contributed by atoms with van der Waals surface area (Å²) >= 11 is 0. The zero-order chi connectivity index (χ0) is 23.9. The molecule has 1 unspecified atom stereocenters. The summed E-state index contributed by atoms with van der Waals surface area (Å²) < 4.78 is 55.3. The number of carbonyl (C=O) groups excluding carboxylic acids is 1. The van der Waals surface area contributed by atoms with Crippen molar-refractivity contribution in [2.75, 3.05) is 11.5 Å². The van der Waals surface area contributed by atoms with Crippen LogP contribution in [0.25, 0.3) is 0 Å². The second kappa shape index (κ2) is 8.74. The van der Waals surface area contributed by atoms with Crippen molar-refractivity contribution in [2.45, 2.75) is 76.7 Å². The molecule has 0 aliphatic carbocycles. The molecule has 9 heteroatoms. The summed E-state index contributed by atoms with van der Waals surface area (Å²) in [5.41, 5.74) is 1.05. The molecule has 2 aliphatic rings. The second-order valence-corrected chi connectivity index (χ2v) is 12.8. The molecule has 0 spiro atoms. The maximum Gasteiger partial charge on any atom is 0.308 e. The van der Waals surface area contributed by atoms with Gasteiger partial charge in [0.05, 0.1) is 28.0 Å². The van der Waals surface area contributed by atoms with Crippen molar-refractivity contribution in [3.63, 3.8) is 0 Å². The molecule has 0 N–H and O–H groups in total. The summed E-state index contributed by atoms with van der Waals surface area (Å²) in [5, 5.41) is 0. The number of hydrogen-bond donors (Lipinski definition) is 0. The minimum atomic E-state index is -3.83. The topological polar surface area (TPSA) is 107 Å². The Kier molecular flexibility index (Phi) is 6.73. The third kappa shape index (κ3) is 4.69. The third-order valence-corrected chi connectivity index (χ3v) is 9.53. The molecule has 0 saturated heterocycles. The minimum Gasteiger partial charge on any atom is -0.386 e. The largest absolute Gasteiger partial charge is 0.386 e. The first-order chi connectivity index (χ1) is 14.8. The van der Waals surface area contributed by atoms with E-state index in [9.17, 15) is 21.6 Å². The Labute approximate surface area is 191 Å². The van der Waals surface area contributed by atoms with Crippen LogP contribution in [0.5, 0.6) is 0 Å². The SMILES string of the molecule is CCCS(=O)(=O)OC1=C(C(=O)c2ccc3c(c2C)C(C)(C)CS3(=O)=O)C=NC(CC)CC1. The number of carbonyl (C=O) groups is 1. The molecule has 0 amide bonds. The number of aliphatic imine (C=N–C) groups is 1. The number of nitrogens with zero attached hydrogens (tertiary/aromatic N) is 1. The Morgan fingerprint density at radius 2 is 1.94 bits per heavy atom. The van der Waals surface area contributed by atoms with E-state index in [4.69, 9.17) is 4.18 Å². The van der Waals surface area contributed by atoms with Gasteiger partial charge in [-0.3, -0.25) is 9.79 Å². The lowest BCUT2D eigenvalue weighted by Crippen LogP contribution is -2.21. The lowest BCUT2D eigenvalue weighted by atomic mass is 9.81. The standard InChI is InChI=1S/C23H31NO6S2/c1-6-12-32(28,29)30-19-10-8-16(7-2)24-13-18(19)22(25)17-9-11-20-21(15(17)3)23(4,5)14-31(20,26)27/h9,11,13,16H,6-8,10,12,14H2,1-5H3. The Balaban J connectivity index is 2.14. The average Bonchev–Trinajstić information content (AvgIpc) is 2.79. The number of rotatable bonds is 7. The Morgan fingerprint density at radius 3 is 2.56 bits per heavy atom. The van der Waals surface area contributed by atoms with E-state index in [1.807, 2.05) is 20.8 Å². The highest BCUT2D eigenvalue weighted by atomic mass is 32.2. The average molecular weight is 482 g/mol. The Hall–Kier alpha value is -2.00. The van der Waals surface area contributed by atoms with E-state index < -0.39 is 31.2 Å². The number of Topliss-reactive ketones (excluding diaryl/α,β-unsaturated/α-hetero) is 1. The smallest absolute Gasteiger partial charge is 0.308 e. The molecule has 0 fully saturated rings. The number of hydrogen-bond acceptors (Lipinski definition) is 7. The van der Waals surface area contributed by atoms with Crippen LogP contribution in [-0.2, 0) is 29.6 Å². The molecule has 0 radical (unpaired) electrons. The van der Waals surface area contributed by atoms with Crippen LogP contribution in [0.15, 0.2) is 33.4 Å². The summed E-state index contributed by atoms with van der Waals surface area (Å²) in [6, 6.07) is 2.96. The molecule has 1 atom stereocenters. The van der Waals surface area contributed by atoms with Crippen molar-refractivity contribution in [3.05, 3.63) is 40.2 Å². The molecule has 32 heavy (non-hydrogen) atoms. The fraction of sp³-hybridized carbons (Fsp3) is 0.565. The molecule has 2 heterocycles. The molecular formula is C23H31NO6S2. The zero-order valence-corrected chi connectivity index (χ0v) is 20.9. The molecule has 0 saturated carbocycles. The van der Waals surface area contributed by atoms with Gasteiger partial charge < -0.3 is 4.18 Å². The van der Waals surface area contributed by atoms with Gasteiger partial charge in [-0.25, -0.2) is 8.42 Å². The van der Waals surface area contributed by atoms with Crippen molar-refractivity contribution in [1.29, 1.82) is 0 Å². The lowest BCUT2D eigenvalue weighted by molar-refractivity contribution is 0.103. The zero-order valence-electron chi connectivity index (χ0n) is 19.3. The van der Waals surface area contributed by atoms with Gasteiger partial charge >= 0.3 is 10.1 Å². The van der Waals surface area contributed by atoms with E-state index in [1.165, 1.54) is 18.3 Å². The van der Waals surface area contributed by atoms with Gasteiger partial charge in [0.25, 0.3) is 0 Å². The van der Waals surface area contributed by atoms with Crippen LogP contribution in [0.2, 0.25) is 0 Å². The predicted octanol–water partition coefficient (Wildman–Crippen LogP) is 3.90. The highest BCUT2D eigenvalue weighted by molar-refractivity contribution is 7.91. The van der Waals surface area contributed by atoms with E-state index in [2.05, 4.69) is 4.99 Å². The number of sulfone groups is 1. The molecule has 0 bridgehead atoms. The second-order valence-electron chi connectivity index (χ2n) is 9.14. The first-order valence-electron chi connectivity index (χ1n) is 10.9. The highest BCUT2D eigenvalue weighted by Crippen LogP contribution is 2.42. The Morgan fingerprint density at radius 1 is 1.25 bits per heavy atom. The van der Waals surface area contributed by atoms with Crippen molar-refractivity contribution < 1.29 is 25.8 Å². The predicted molar refractivity (Wildman–Crippen MR) is 125 cm³/mol. The molecule has 7 nitrogen and oxygen atoms in total. The molecular weight excluding hydrogens is 450 g/mol. The maximum atomic E-state index is 13.6. The molecule has 176 valence electrons. The van der Waals surface area contributed by atoms with E-state index in [-0.39, 0.29) is 40.2 Å². The number of benzene rings is 1. The summed E-state index contributed by atoms with van der Waals surface area (Å²) in [6.45, 7) is 9.17. The van der Waals surface area contributed by atoms with Gasteiger partial charge in [-0.2, -0.15) is 8.42 Å². The van der Waals surface area contributed by atoms with Gasteiger partial charge in [0, 0.05) is 23.6 Å². The molecule has 2 aliphatic heterocycles. The number of fused-ring (bicyclic) bond motifs is 1. The van der Waals surface area contributed by atoms with Gasteiger partial charge in [-0.05, 0) is 49.4 Å². The monoisotopic (exact) mass is 481 g/mol. The first-order valence-corrected chi connectivity index (χ1v) is 14.2. The fourth-order valence-corrected chi connectivity index (χ4v) is 7.92. The van der Waals surface area contributed by atoms with Crippen molar-refractivity contribution >= 4 is 32.0 Å². The molecule has 3 rings (SSSR count). The molecule has 1 aromatic rings. The van der Waals surface area contributed by atoms with Crippen molar-refractivity contribution in [1.82, 2.24) is 0 Å². The van der Waals surface area contributed by atoms with E-state index in [1.54, 1.807) is 13.8 Å². The van der Waals surface area contributed by atoms with E-state index in [0.29, 0.717) is 29.5 Å². The fourth-order valence-electron chi connectivity index (χ4n) is 4.59. The Bertz CT molecular complexity index is 1210. The van der Waals surface area contributed by atoms with Gasteiger partial charge in [0.2, 0.25) is 0 Å². The third-order valence-electron chi connectivity index (χ3n) is 6.05. The van der Waals surface area contributed by atoms with Crippen LogP contribution in [0.4, 0.5) is 0 Å². The normalized spacial score (nSPS) is 21.8. The molecule has 1 aromatic carbocycles.